The molecule has 3 nitrogen and oxygen atoms in total. The van der Waals surface area contributed by atoms with Crippen LogP contribution < -0.4 is 10.6 Å². The number of hydrogen-bond donors (Lipinski definition) is 2. The molecule has 100 valence electrons. The molecule has 0 amide bonds. The number of rotatable bonds is 5. The first-order valence-corrected chi connectivity index (χ1v) is 6.15. The van der Waals surface area contributed by atoms with Gasteiger partial charge >= 0.3 is 0 Å². The third-order valence-electron chi connectivity index (χ3n) is 2.92. The van der Waals surface area contributed by atoms with E-state index in [-0.39, 0.29) is 12.4 Å². The second-order valence-corrected chi connectivity index (χ2v) is 4.33. The highest BCUT2D eigenvalue weighted by Gasteiger charge is 2.11. The summed E-state index contributed by atoms with van der Waals surface area (Å²) in [6.07, 6.45) is 0. The van der Waals surface area contributed by atoms with Crippen LogP contribution in [0.3, 0.4) is 0 Å². The number of aliphatic hydroxyl groups is 1. The number of nitrogen functional groups attached to an aromatic ring is 1. The van der Waals surface area contributed by atoms with E-state index in [1.165, 1.54) is 12.1 Å². The molecule has 2 rings (SSSR count). The summed E-state index contributed by atoms with van der Waals surface area (Å²) in [7, 11) is 0. The summed E-state index contributed by atoms with van der Waals surface area (Å²) in [5.41, 5.74) is 8.08. The Morgan fingerprint density at radius 3 is 2.53 bits per heavy atom. The minimum atomic E-state index is -0.333. The van der Waals surface area contributed by atoms with Gasteiger partial charge in [-0.15, -0.1) is 0 Å². The molecule has 0 radical (unpaired) electrons. The van der Waals surface area contributed by atoms with Crippen LogP contribution in [-0.4, -0.2) is 18.3 Å². The van der Waals surface area contributed by atoms with Crippen molar-refractivity contribution >= 4 is 11.4 Å². The van der Waals surface area contributed by atoms with E-state index in [2.05, 4.69) is 0 Å². The largest absolute Gasteiger partial charge is 0.397 e. The van der Waals surface area contributed by atoms with Crippen LogP contribution >= 0.6 is 0 Å². The minimum Gasteiger partial charge on any atom is -0.397 e. The molecule has 0 fully saturated rings. The molecule has 19 heavy (non-hydrogen) atoms. The van der Waals surface area contributed by atoms with Crippen LogP contribution in [0.25, 0.3) is 0 Å². The van der Waals surface area contributed by atoms with E-state index in [4.69, 9.17) is 10.8 Å². The van der Waals surface area contributed by atoms with Crippen LogP contribution in [0.5, 0.6) is 0 Å². The Balaban J connectivity index is 2.27. The van der Waals surface area contributed by atoms with Gasteiger partial charge in [0, 0.05) is 13.1 Å². The van der Waals surface area contributed by atoms with Crippen molar-refractivity contribution in [3.63, 3.8) is 0 Å². The summed E-state index contributed by atoms with van der Waals surface area (Å²) in [5.74, 6) is -0.333. The van der Waals surface area contributed by atoms with E-state index in [0.29, 0.717) is 24.5 Å². The summed E-state index contributed by atoms with van der Waals surface area (Å²) in [6, 6.07) is 14.1. The number of halogens is 1. The molecule has 0 bridgehead atoms. The van der Waals surface area contributed by atoms with E-state index in [9.17, 15) is 4.39 Å². The fourth-order valence-electron chi connectivity index (χ4n) is 2.00. The summed E-state index contributed by atoms with van der Waals surface area (Å²) < 4.78 is 13.3. The maximum Gasteiger partial charge on any atom is 0.125 e. The molecule has 4 heteroatoms. The Morgan fingerprint density at radius 1 is 1.11 bits per heavy atom. The van der Waals surface area contributed by atoms with E-state index in [0.717, 1.165) is 5.56 Å². The fraction of sp³-hybridized carbons (Fsp3) is 0.200. The molecular weight excluding hydrogens is 243 g/mol. The van der Waals surface area contributed by atoms with Crippen LogP contribution in [0.15, 0.2) is 48.5 Å². The van der Waals surface area contributed by atoms with E-state index < -0.39 is 0 Å². The number of hydrogen-bond acceptors (Lipinski definition) is 3. The predicted molar refractivity (Wildman–Crippen MR) is 75.4 cm³/mol. The Kier molecular flexibility index (Phi) is 4.36. The molecule has 0 unspecified atom stereocenters. The lowest BCUT2D eigenvalue weighted by atomic mass is 10.2. The minimum absolute atomic E-state index is 0.0111. The van der Waals surface area contributed by atoms with Gasteiger partial charge in [0.2, 0.25) is 0 Å². The van der Waals surface area contributed by atoms with Crippen molar-refractivity contribution in [2.24, 2.45) is 0 Å². The summed E-state index contributed by atoms with van der Waals surface area (Å²) in [5, 5.41) is 9.16. The zero-order valence-electron chi connectivity index (χ0n) is 10.6. The normalized spacial score (nSPS) is 10.4. The Bertz CT molecular complexity index is 531. The number of nitrogens with two attached hydrogens (primary N) is 1. The lowest BCUT2D eigenvalue weighted by Crippen LogP contribution is -2.27. The van der Waals surface area contributed by atoms with Crippen molar-refractivity contribution in [3.05, 3.63) is 59.9 Å². The van der Waals surface area contributed by atoms with E-state index in [1.807, 2.05) is 35.2 Å². The highest BCUT2D eigenvalue weighted by molar-refractivity contribution is 5.67. The van der Waals surface area contributed by atoms with Gasteiger partial charge in [-0.25, -0.2) is 4.39 Å². The molecule has 3 N–H and O–H groups in total. The van der Waals surface area contributed by atoms with Crippen LogP contribution in [0.1, 0.15) is 5.56 Å². The first-order valence-electron chi connectivity index (χ1n) is 6.15. The third-order valence-corrected chi connectivity index (χ3v) is 2.92. The molecule has 0 saturated heterocycles. The zero-order valence-corrected chi connectivity index (χ0v) is 10.6. The third kappa shape index (κ3) is 3.45. The lowest BCUT2D eigenvalue weighted by Gasteiger charge is -2.25. The number of nitrogens with zero attached hydrogens (tertiary/aromatic N) is 1. The van der Waals surface area contributed by atoms with Crippen LogP contribution in [0.2, 0.25) is 0 Å². The van der Waals surface area contributed by atoms with Gasteiger partial charge in [0.15, 0.2) is 0 Å². The van der Waals surface area contributed by atoms with Gasteiger partial charge in [-0.2, -0.15) is 0 Å². The second kappa shape index (κ2) is 6.20. The lowest BCUT2D eigenvalue weighted by molar-refractivity contribution is 0.301. The molecule has 0 aliphatic carbocycles. The van der Waals surface area contributed by atoms with Gasteiger partial charge in [-0.3, -0.25) is 0 Å². The van der Waals surface area contributed by atoms with Gasteiger partial charge in [-0.1, -0.05) is 30.3 Å². The second-order valence-electron chi connectivity index (χ2n) is 4.33. The molecular formula is C15H17FN2O. The first kappa shape index (κ1) is 13.4. The number of anilines is 2. The highest BCUT2D eigenvalue weighted by Crippen LogP contribution is 2.25. The van der Waals surface area contributed by atoms with Gasteiger partial charge in [0.25, 0.3) is 0 Å². The average Bonchev–Trinajstić information content (AvgIpc) is 2.42. The molecule has 0 heterocycles. The monoisotopic (exact) mass is 260 g/mol. The molecule has 0 aliphatic heterocycles. The maximum atomic E-state index is 13.3. The van der Waals surface area contributed by atoms with Gasteiger partial charge < -0.3 is 15.7 Å². The average molecular weight is 260 g/mol. The van der Waals surface area contributed by atoms with Crippen LogP contribution in [-0.2, 0) is 6.54 Å². The smallest absolute Gasteiger partial charge is 0.125 e. The standard InChI is InChI=1S/C15H17FN2O/c16-13-6-7-14(17)15(10-13)18(8-9-19)11-12-4-2-1-3-5-12/h1-7,10,19H,8-9,11,17H2. The molecule has 0 atom stereocenters. The maximum absolute atomic E-state index is 13.3. The number of benzene rings is 2. The summed E-state index contributed by atoms with van der Waals surface area (Å²) >= 11 is 0. The number of aliphatic hydroxyl groups excluding tert-OH is 1. The van der Waals surface area contributed by atoms with Crippen molar-refractivity contribution in [1.82, 2.24) is 0 Å². The molecule has 0 spiro atoms. The predicted octanol–water partition coefficient (Wildman–Crippen LogP) is 2.41. The van der Waals surface area contributed by atoms with Crippen molar-refractivity contribution < 1.29 is 9.50 Å². The Labute approximate surface area is 112 Å². The van der Waals surface area contributed by atoms with Gasteiger partial charge in [-0.05, 0) is 23.8 Å². The Hall–Kier alpha value is -2.07. The summed E-state index contributed by atoms with van der Waals surface area (Å²) in [4.78, 5) is 1.87. The fourth-order valence-corrected chi connectivity index (χ4v) is 2.00. The van der Waals surface area contributed by atoms with Crippen molar-refractivity contribution in [2.45, 2.75) is 6.54 Å². The molecule has 0 saturated carbocycles. The highest BCUT2D eigenvalue weighted by atomic mass is 19.1. The van der Waals surface area contributed by atoms with Crippen molar-refractivity contribution in [1.29, 1.82) is 0 Å². The molecule has 2 aromatic carbocycles. The van der Waals surface area contributed by atoms with Crippen molar-refractivity contribution in [2.75, 3.05) is 23.8 Å². The SMILES string of the molecule is Nc1ccc(F)cc1N(CCO)Cc1ccccc1. The van der Waals surface area contributed by atoms with Crippen LogP contribution in [0.4, 0.5) is 15.8 Å². The topological polar surface area (TPSA) is 49.5 Å². The molecule has 0 aliphatic rings. The quantitative estimate of drug-likeness (QED) is 0.812. The van der Waals surface area contributed by atoms with Crippen LogP contribution in [0, 0.1) is 5.82 Å². The van der Waals surface area contributed by atoms with Gasteiger partial charge in [0.05, 0.1) is 18.0 Å². The first-order chi connectivity index (χ1) is 9.20. The van der Waals surface area contributed by atoms with Crippen molar-refractivity contribution in [3.8, 4) is 0 Å². The molecule has 0 aromatic heterocycles. The Morgan fingerprint density at radius 2 is 1.84 bits per heavy atom. The molecule has 2 aromatic rings. The summed E-state index contributed by atoms with van der Waals surface area (Å²) in [6.45, 7) is 0.973. The van der Waals surface area contributed by atoms with Gasteiger partial charge in [0.1, 0.15) is 5.82 Å². The van der Waals surface area contributed by atoms with E-state index in [1.54, 1.807) is 6.07 Å². The van der Waals surface area contributed by atoms with E-state index >= 15 is 0 Å². The zero-order chi connectivity index (χ0) is 13.7.